The number of hydrogen-bond acceptors (Lipinski definition) is 6. The number of carbonyl (C=O) groups excluding carboxylic acids is 4. The molecule has 0 bridgehead atoms. The smallest absolute Gasteiger partial charge is 0.258 e. The number of alkyl halides is 2. The van der Waals surface area contributed by atoms with Crippen LogP contribution in [-0.2, 0) is 19.2 Å². The van der Waals surface area contributed by atoms with Crippen LogP contribution in [0.4, 0.5) is 27.1 Å². The van der Waals surface area contributed by atoms with Gasteiger partial charge in [-0.05, 0) is 91.9 Å². The second-order valence-corrected chi connectivity index (χ2v) is 14.6. The number of phenols is 1. The number of rotatable bonds is 5. The van der Waals surface area contributed by atoms with E-state index in [1.54, 1.807) is 49.4 Å². The quantitative estimate of drug-likeness (QED) is 0.128. The molecular weight excluding hydrogens is 680 g/mol. The average Bonchev–Trinajstić information content (AvgIpc) is 3.45. The number of amides is 4. The number of fused-ring (bicyclic) bond motifs is 4. The lowest BCUT2D eigenvalue weighted by Crippen LogP contribution is -2.60. The Labute approximate surface area is 297 Å². The first-order valence-corrected chi connectivity index (χ1v) is 17.0. The SMILES string of the molecule is Cc1cccc(C2C3=CCC4C(=O)N(c5ccc(Nc6ccccc6)cc5)C(=O)C4C3CC3(Cl)C(=O)N(c4ccc(F)cc4)C(=O)C23Cl)c1O. The Bertz CT molecular complexity index is 2130. The van der Waals surface area contributed by atoms with Gasteiger partial charge < -0.3 is 10.4 Å². The molecule has 6 unspecified atom stereocenters. The Morgan fingerprint density at radius 3 is 2.10 bits per heavy atom. The lowest BCUT2D eigenvalue weighted by molar-refractivity contribution is -0.125. The molecule has 2 N–H and O–H groups in total. The maximum absolute atomic E-state index is 14.5. The van der Waals surface area contributed by atoms with E-state index in [4.69, 9.17) is 23.2 Å². The van der Waals surface area contributed by atoms with Crippen molar-refractivity contribution in [3.63, 3.8) is 0 Å². The van der Waals surface area contributed by atoms with E-state index in [1.807, 2.05) is 36.4 Å². The second kappa shape index (κ2) is 11.5. The van der Waals surface area contributed by atoms with Gasteiger partial charge >= 0.3 is 0 Å². The summed E-state index contributed by atoms with van der Waals surface area (Å²) < 4.78 is 13.9. The number of aromatic hydroxyl groups is 1. The van der Waals surface area contributed by atoms with Gasteiger partial charge in [0.05, 0.1) is 23.2 Å². The van der Waals surface area contributed by atoms with Gasteiger partial charge in [0.25, 0.3) is 11.8 Å². The fraction of sp³-hybridized carbons (Fsp3) is 0.231. The summed E-state index contributed by atoms with van der Waals surface area (Å²) in [5, 5.41) is 14.7. The Morgan fingerprint density at radius 1 is 0.760 bits per heavy atom. The van der Waals surface area contributed by atoms with Crippen LogP contribution in [0.25, 0.3) is 0 Å². The molecule has 1 saturated carbocycles. The van der Waals surface area contributed by atoms with Gasteiger partial charge in [0.2, 0.25) is 11.8 Å². The molecule has 252 valence electrons. The van der Waals surface area contributed by atoms with Crippen LogP contribution in [0.3, 0.4) is 0 Å². The number of carbonyl (C=O) groups is 4. The first-order chi connectivity index (χ1) is 24.0. The molecule has 2 aliphatic carbocycles. The van der Waals surface area contributed by atoms with Gasteiger partial charge in [-0.2, -0.15) is 0 Å². The molecule has 0 radical (unpaired) electrons. The number of nitrogens with zero attached hydrogens (tertiary/aromatic N) is 2. The van der Waals surface area contributed by atoms with Gasteiger partial charge in [0, 0.05) is 22.9 Å². The van der Waals surface area contributed by atoms with Crippen LogP contribution in [0.15, 0.2) is 109 Å². The molecule has 4 aromatic rings. The molecule has 3 fully saturated rings. The highest BCUT2D eigenvalue weighted by molar-refractivity contribution is 6.58. The van der Waals surface area contributed by atoms with E-state index in [0.29, 0.717) is 16.8 Å². The predicted octanol–water partition coefficient (Wildman–Crippen LogP) is 7.35. The number of hydrogen-bond donors (Lipinski definition) is 2. The van der Waals surface area contributed by atoms with E-state index in [1.165, 1.54) is 17.0 Å². The highest BCUT2D eigenvalue weighted by Crippen LogP contribution is 2.66. The van der Waals surface area contributed by atoms with Gasteiger partial charge in [-0.25, -0.2) is 9.29 Å². The molecule has 6 atom stereocenters. The van der Waals surface area contributed by atoms with Crippen LogP contribution < -0.4 is 15.1 Å². The maximum Gasteiger partial charge on any atom is 0.258 e. The van der Waals surface area contributed by atoms with Crippen LogP contribution in [0.5, 0.6) is 5.75 Å². The number of para-hydroxylation sites is 2. The summed E-state index contributed by atoms with van der Waals surface area (Å²) in [4.78, 5) is 55.2. The summed E-state index contributed by atoms with van der Waals surface area (Å²) in [6, 6.07) is 26.4. The Kier molecular flexibility index (Phi) is 7.44. The zero-order chi connectivity index (χ0) is 35.1. The van der Waals surface area contributed by atoms with Gasteiger partial charge in [0.15, 0.2) is 9.75 Å². The van der Waals surface area contributed by atoms with Gasteiger partial charge in [0.1, 0.15) is 11.6 Å². The van der Waals surface area contributed by atoms with Crippen LogP contribution in [-0.4, -0.2) is 38.5 Å². The van der Waals surface area contributed by atoms with Gasteiger partial charge in [-0.3, -0.25) is 24.1 Å². The van der Waals surface area contributed by atoms with E-state index >= 15 is 0 Å². The Hall–Kier alpha value is -4.99. The van der Waals surface area contributed by atoms with Crippen molar-refractivity contribution in [1.29, 1.82) is 0 Å². The molecule has 0 spiro atoms. The van der Waals surface area contributed by atoms with Gasteiger partial charge in [-0.15, -0.1) is 23.2 Å². The summed E-state index contributed by atoms with van der Waals surface area (Å²) in [6.45, 7) is 1.70. The molecule has 2 aliphatic heterocycles. The second-order valence-electron chi connectivity index (χ2n) is 13.3. The van der Waals surface area contributed by atoms with Crippen LogP contribution in [0.2, 0.25) is 0 Å². The number of nitrogens with one attached hydrogen (secondary N) is 1. The molecule has 11 heteroatoms. The van der Waals surface area contributed by atoms with Crippen molar-refractivity contribution in [2.75, 3.05) is 15.1 Å². The molecule has 2 heterocycles. The highest BCUT2D eigenvalue weighted by atomic mass is 35.5. The highest BCUT2D eigenvalue weighted by Gasteiger charge is 2.77. The lowest BCUT2D eigenvalue weighted by Gasteiger charge is -2.50. The number of allylic oxidation sites excluding steroid dienone is 2. The number of imide groups is 2. The van der Waals surface area contributed by atoms with E-state index in [-0.39, 0.29) is 35.7 Å². The Morgan fingerprint density at radius 2 is 1.40 bits per heavy atom. The number of halogens is 3. The first-order valence-electron chi connectivity index (χ1n) is 16.3. The van der Waals surface area contributed by atoms with Crippen molar-refractivity contribution >= 4 is 69.6 Å². The van der Waals surface area contributed by atoms with Crippen molar-refractivity contribution < 1.29 is 28.7 Å². The number of phenolic OH excluding ortho intramolecular Hbond substituents is 1. The van der Waals surface area contributed by atoms with Crippen molar-refractivity contribution in [3.8, 4) is 5.75 Å². The minimum atomic E-state index is -2.13. The standard InChI is InChI=1S/C39H30Cl2FN3O5/c1-21-6-5-9-29(33(21)46)32-27-18-19-28-31(35(48)44(34(28)47)25-16-12-24(13-17-25)43-23-7-3-2-4-8-23)30(27)20-38(40)36(49)45(37(50)39(32,38)41)26-14-10-22(42)11-15-26/h2-18,28,30-32,43,46H,19-20H2,1H3. The molecular formula is C39H30Cl2FN3O5. The molecule has 4 aromatic carbocycles. The van der Waals surface area contributed by atoms with Crippen molar-refractivity contribution in [3.05, 3.63) is 126 Å². The molecule has 8 rings (SSSR count). The lowest BCUT2D eigenvalue weighted by atomic mass is 9.56. The van der Waals surface area contributed by atoms with Crippen LogP contribution in [0.1, 0.15) is 29.9 Å². The third kappa shape index (κ3) is 4.49. The summed E-state index contributed by atoms with van der Waals surface area (Å²) in [7, 11) is 0. The molecule has 2 saturated heterocycles. The molecule has 8 nitrogen and oxygen atoms in total. The van der Waals surface area contributed by atoms with E-state index in [2.05, 4.69) is 5.32 Å². The minimum Gasteiger partial charge on any atom is -0.507 e. The third-order valence-corrected chi connectivity index (χ3v) is 12.1. The minimum absolute atomic E-state index is 0.0846. The first kappa shape index (κ1) is 32.2. The monoisotopic (exact) mass is 709 g/mol. The topological polar surface area (TPSA) is 107 Å². The molecule has 4 amide bonds. The number of anilines is 4. The average molecular weight is 711 g/mol. The summed E-state index contributed by atoms with van der Waals surface area (Å²) in [5.74, 6) is -6.70. The molecule has 0 aromatic heterocycles. The zero-order valence-electron chi connectivity index (χ0n) is 26.6. The van der Waals surface area contributed by atoms with E-state index < -0.39 is 57.0 Å². The Balaban J connectivity index is 1.21. The zero-order valence-corrected chi connectivity index (χ0v) is 28.2. The summed E-state index contributed by atoms with van der Waals surface area (Å²) in [5.41, 5.74) is 3.48. The number of benzene rings is 4. The van der Waals surface area contributed by atoms with Crippen molar-refractivity contribution in [1.82, 2.24) is 0 Å². The van der Waals surface area contributed by atoms with Gasteiger partial charge in [-0.1, -0.05) is 48.0 Å². The van der Waals surface area contributed by atoms with Crippen LogP contribution in [0, 0.1) is 30.5 Å². The summed E-state index contributed by atoms with van der Waals surface area (Å²) in [6.07, 6.45) is 1.78. The molecule has 4 aliphatic rings. The van der Waals surface area contributed by atoms with Crippen molar-refractivity contribution in [2.24, 2.45) is 17.8 Å². The summed E-state index contributed by atoms with van der Waals surface area (Å²) >= 11 is 14.8. The van der Waals surface area contributed by atoms with E-state index in [0.717, 1.165) is 28.4 Å². The fourth-order valence-electron chi connectivity index (χ4n) is 8.30. The maximum atomic E-state index is 14.5. The van der Waals surface area contributed by atoms with E-state index in [9.17, 15) is 28.7 Å². The fourth-order valence-corrected chi connectivity index (χ4v) is 9.22. The third-order valence-electron chi connectivity index (χ3n) is 10.7. The normalized spacial score (nSPS) is 28.7. The number of aryl methyl sites for hydroxylation is 1. The predicted molar refractivity (Wildman–Crippen MR) is 188 cm³/mol. The van der Waals surface area contributed by atoms with Crippen molar-refractivity contribution in [2.45, 2.75) is 35.4 Å². The largest absolute Gasteiger partial charge is 0.507 e. The molecule has 50 heavy (non-hydrogen) atoms. The van der Waals surface area contributed by atoms with Crippen LogP contribution >= 0.6 is 23.2 Å².